The maximum absolute atomic E-state index is 11.9. The SMILES string of the molecule is COc1ccc(Br)c(/C=N/NC(=O)c2cccc([N+](=O)[O-])c2)c1. The molecule has 0 aliphatic rings. The highest BCUT2D eigenvalue weighted by atomic mass is 79.9. The minimum atomic E-state index is -0.562. The van der Waals surface area contributed by atoms with Crippen LogP contribution in [0, 0.1) is 10.1 Å². The second kappa shape index (κ2) is 7.50. The monoisotopic (exact) mass is 377 g/mol. The number of nitro groups is 1. The smallest absolute Gasteiger partial charge is 0.271 e. The van der Waals surface area contributed by atoms with Gasteiger partial charge in [0.05, 0.1) is 18.2 Å². The number of non-ortho nitro benzene ring substituents is 1. The van der Waals surface area contributed by atoms with Crippen molar-refractivity contribution in [2.75, 3.05) is 7.11 Å². The molecule has 0 fully saturated rings. The van der Waals surface area contributed by atoms with Gasteiger partial charge in [-0.25, -0.2) is 5.43 Å². The van der Waals surface area contributed by atoms with Crippen LogP contribution in [0.2, 0.25) is 0 Å². The number of benzene rings is 2. The van der Waals surface area contributed by atoms with E-state index in [1.165, 1.54) is 30.5 Å². The Morgan fingerprint density at radius 2 is 2.13 bits per heavy atom. The molecule has 0 saturated carbocycles. The van der Waals surface area contributed by atoms with Crippen LogP contribution in [0.4, 0.5) is 5.69 Å². The third-order valence-corrected chi connectivity index (χ3v) is 3.61. The number of hydrogen-bond donors (Lipinski definition) is 1. The number of methoxy groups -OCH3 is 1. The maximum Gasteiger partial charge on any atom is 0.271 e. The zero-order valence-corrected chi connectivity index (χ0v) is 13.6. The number of nitrogens with zero attached hydrogens (tertiary/aromatic N) is 2. The molecule has 1 amide bonds. The molecule has 2 aromatic carbocycles. The summed E-state index contributed by atoms with van der Waals surface area (Å²) in [5, 5.41) is 14.5. The predicted molar refractivity (Wildman–Crippen MR) is 88.9 cm³/mol. The molecule has 2 aromatic rings. The lowest BCUT2D eigenvalue weighted by molar-refractivity contribution is -0.384. The molecule has 0 radical (unpaired) electrons. The second-order valence-electron chi connectivity index (χ2n) is 4.39. The highest BCUT2D eigenvalue weighted by molar-refractivity contribution is 9.10. The van der Waals surface area contributed by atoms with Gasteiger partial charge >= 0.3 is 0 Å². The topological polar surface area (TPSA) is 93.8 Å². The lowest BCUT2D eigenvalue weighted by atomic mass is 10.2. The fraction of sp³-hybridized carbons (Fsp3) is 0.0667. The van der Waals surface area contributed by atoms with E-state index >= 15 is 0 Å². The van der Waals surface area contributed by atoms with Gasteiger partial charge in [-0.1, -0.05) is 22.0 Å². The van der Waals surface area contributed by atoms with E-state index in [0.717, 1.165) is 4.47 Å². The van der Waals surface area contributed by atoms with Crippen molar-refractivity contribution in [1.82, 2.24) is 5.43 Å². The summed E-state index contributed by atoms with van der Waals surface area (Å²) in [6.45, 7) is 0. The molecule has 118 valence electrons. The third kappa shape index (κ3) is 4.36. The van der Waals surface area contributed by atoms with Gasteiger partial charge in [0.25, 0.3) is 11.6 Å². The third-order valence-electron chi connectivity index (χ3n) is 2.89. The van der Waals surface area contributed by atoms with Crippen LogP contribution in [0.3, 0.4) is 0 Å². The van der Waals surface area contributed by atoms with E-state index in [1.807, 2.05) is 0 Å². The molecule has 2 rings (SSSR count). The molecule has 0 spiro atoms. The molecular weight excluding hydrogens is 366 g/mol. The van der Waals surface area contributed by atoms with Gasteiger partial charge in [-0.3, -0.25) is 14.9 Å². The Balaban J connectivity index is 2.10. The van der Waals surface area contributed by atoms with Crippen molar-refractivity contribution in [3.8, 4) is 5.75 Å². The van der Waals surface area contributed by atoms with E-state index < -0.39 is 10.8 Å². The zero-order valence-electron chi connectivity index (χ0n) is 12.0. The maximum atomic E-state index is 11.9. The minimum Gasteiger partial charge on any atom is -0.497 e. The molecule has 0 heterocycles. The summed E-state index contributed by atoms with van der Waals surface area (Å²) in [7, 11) is 1.55. The van der Waals surface area contributed by atoms with Crippen molar-refractivity contribution >= 4 is 33.7 Å². The number of rotatable bonds is 5. The van der Waals surface area contributed by atoms with E-state index in [-0.39, 0.29) is 11.3 Å². The van der Waals surface area contributed by atoms with Gasteiger partial charge in [-0.05, 0) is 24.3 Å². The summed E-state index contributed by atoms with van der Waals surface area (Å²) >= 11 is 3.36. The van der Waals surface area contributed by atoms with Crippen molar-refractivity contribution < 1.29 is 14.5 Å². The van der Waals surface area contributed by atoms with Crippen LogP contribution in [0.15, 0.2) is 52.0 Å². The normalized spacial score (nSPS) is 10.5. The minimum absolute atomic E-state index is 0.154. The van der Waals surface area contributed by atoms with E-state index in [1.54, 1.807) is 25.3 Å². The molecule has 8 heteroatoms. The Bertz CT molecular complexity index is 777. The van der Waals surface area contributed by atoms with Crippen molar-refractivity contribution in [3.63, 3.8) is 0 Å². The van der Waals surface area contributed by atoms with E-state index in [9.17, 15) is 14.9 Å². The highest BCUT2D eigenvalue weighted by Gasteiger charge is 2.10. The van der Waals surface area contributed by atoms with E-state index in [0.29, 0.717) is 11.3 Å². The number of nitro benzene ring substituents is 1. The molecule has 0 unspecified atom stereocenters. The van der Waals surface area contributed by atoms with Crippen molar-refractivity contribution in [2.45, 2.75) is 0 Å². The average Bonchev–Trinajstić information content (AvgIpc) is 2.56. The number of carbonyl (C=O) groups is 1. The fourth-order valence-corrected chi connectivity index (χ4v) is 2.08. The number of hydrazone groups is 1. The number of hydrogen-bond acceptors (Lipinski definition) is 5. The molecule has 0 aliphatic carbocycles. The van der Waals surface area contributed by atoms with Crippen LogP contribution >= 0.6 is 15.9 Å². The first-order chi connectivity index (χ1) is 11.0. The Labute approximate surface area is 140 Å². The highest BCUT2D eigenvalue weighted by Crippen LogP contribution is 2.20. The van der Waals surface area contributed by atoms with Crippen LogP contribution in [-0.4, -0.2) is 24.2 Å². The quantitative estimate of drug-likeness (QED) is 0.491. The van der Waals surface area contributed by atoms with Crippen molar-refractivity contribution in [1.29, 1.82) is 0 Å². The molecule has 1 N–H and O–H groups in total. The Hall–Kier alpha value is -2.74. The van der Waals surface area contributed by atoms with Gasteiger partial charge in [0.15, 0.2) is 0 Å². The number of halogens is 1. The van der Waals surface area contributed by atoms with Gasteiger partial charge < -0.3 is 4.74 Å². The first kappa shape index (κ1) is 16.6. The second-order valence-corrected chi connectivity index (χ2v) is 5.25. The summed E-state index contributed by atoms with van der Waals surface area (Å²) in [5.41, 5.74) is 3.03. The van der Waals surface area contributed by atoms with Crippen LogP contribution < -0.4 is 10.2 Å². The molecule has 23 heavy (non-hydrogen) atoms. The van der Waals surface area contributed by atoms with Gasteiger partial charge in [0.1, 0.15) is 5.75 Å². The van der Waals surface area contributed by atoms with Crippen LogP contribution in [0.1, 0.15) is 15.9 Å². The van der Waals surface area contributed by atoms with Gasteiger partial charge in [0, 0.05) is 27.7 Å². The lowest BCUT2D eigenvalue weighted by Gasteiger charge is -2.03. The molecule has 7 nitrogen and oxygen atoms in total. The summed E-state index contributed by atoms with van der Waals surface area (Å²) in [6, 6.07) is 10.7. The standard InChI is InChI=1S/C15H12BrN3O4/c1-23-13-5-6-14(16)11(8-13)9-17-18-15(20)10-3-2-4-12(7-10)19(21)22/h2-9H,1H3,(H,18,20)/b17-9+. The van der Waals surface area contributed by atoms with Crippen LogP contribution in [-0.2, 0) is 0 Å². The molecule has 0 bridgehead atoms. The number of carbonyl (C=O) groups excluding carboxylic acids is 1. The first-order valence-corrected chi connectivity index (χ1v) is 7.22. The molecule has 0 atom stereocenters. The number of amides is 1. The summed E-state index contributed by atoms with van der Waals surface area (Å²) in [4.78, 5) is 22.1. The zero-order chi connectivity index (χ0) is 16.8. The predicted octanol–water partition coefficient (Wildman–Crippen LogP) is 3.13. The number of ether oxygens (including phenoxy) is 1. The lowest BCUT2D eigenvalue weighted by Crippen LogP contribution is -2.17. The van der Waals surface area contributed by atoms with Gasteiger partial charge in [-0.15, -0.1) is 0 Å². The largest absolute Gasteiger partial charge is 0.497 e. The summed E-state index contributed by atoms with van der Waals surface area (Å²) in [5.74, 6) is 0.114. The molecular formula is C15H12BrN3O4. The fourth-order valence-electron chi connectivity index (χ4n) is 1.73. The van der Waals surface area contributed by atoms with Crippen molar-refractivity contribution in [3.05, 3.63) is 68.2 Å². The average molecular weight is 378 g/mol. The molecule has 0 saturated heterocycles. The Morgan fingerprint density at radius 3 is 2.83 bits per heavy atom. The van der Waals surface area contributed by atoms with Crippen LogP contribution in [0.25, 0.3) is 0 Å². The Kier molecular flexibility index (Phi) is 5.42. The first-order valence-electron chi connectivity index (χ1n) is 6.42. The van der Waals surface area contributed by atoms with Gasteiger partial charge in [0.2, 0.25) is 0 Å². The van der Waals surface area contributed by atoms with Crippen molar-refractivity contribution in [2.24, 2.45) is 5.10 Å². The molecule has 0 aliphatic heterocycles. The van der Waals surface area contributed by atoms with Gasteiger partial charge in [-0.2, -0.15) is 5.10 Å². The Morgan fingerprint density at radius 1 is 1.35 bits per heavy atom. The van der Waals surface area contributed by atoms with Crippen LogP contribution in [0.5, 0.6) is 5.75 Å². The summed E-state index contributed by atoms with van der Waals surface area (Å²) < 4.78 is 5.89. The van der Waals surface area contributed by atoms with E-state index in [4.69, 9.17) is 4.74 Å². The molecule has 0 aromatic heterocycles. The van der Waals surface area contributed by atoms with E-state index in [2.05, 4.69) is 26.5 Å². The summed E-state index contributed by atoms with van der Waals surface area (Å²) in [6.07, 6.45) is 1.45. The number of nitrogens with one attached hydrogen (secondary N) is 1.